The third kappa shape index (κ3) is 5.06. The number of hydrogen-bond acceptors (Lipinski definition) is 4. The van der Waals surface area contributed by atoms with Gasteiger partial charge in [0, 0.05) is 30.3 Å². The third-order valence-electron chi connectivity index (χ3n) is 3.37. The molecule has 1 heterocycles. The van der Waals surface area contributed by atoms with Gasteiger partial charge in [-0.3, -0.25) is 4.79 Å². The van der Waals surface area contributed by atoms with E-state index < -0.39 is 0 Å². The molecule has 5 nitrogen and oxygen atoms in total. The van der Waals surface area contributed by atoms with Crippen molar-refractivity contribution in [2.75, 3.05) is 13.2 Å². The molecule has 118 valence electrons. The Morgan fingerprint density at radius 3 is 2.61 bits per heavy atom. The van der Waals surface area contributed by atoms with Crippen LogP contribution in [0.4, 0.5) is 0 Å². The van der Waals surface area contributed by atoms with Crippen LogP contribution < -0.4 is 5.32 Å². The smallest absolute Gasteiger partial charge is 0.269 e. The number of pyridine rings is 1. The minimum atomic E-state index is -0.330. The van der Waals surface area contributed by atoms with Gasteiger partial charge in [0.05, 0.1) is 5.56 Å². The van der Waals surface area contributed by atoms with E-state index in [9.17, 15) is 9.90 Å². The van der Waals surface area contributed by atoms with Gasteiger partial charge in [-0.05, 0) is 36.2 Å². The topological polar surface area (TPSA) is 86.0 Å². The van der Waals surface area contributed by atoms with Crippen LogP contribution in [0.15, 0.2) is 42.6 Å². The van der Waals surface area contributed by atoms with E-state index in [2.05, 4.69) is 10.3 Å². The predicted molar refractivity (Wildman–Crippen MR) is 87.0 cm³/mol. The number of benzene rings is 1. The number of halogens is 1. The van der Waals surface area contributed by atoms with E-state index in [0.717, 1.165) is 5.56 Å². The summed E-state index contributed by atoms with van der Waals surface area (Å²) in [6, 6.07) is 12.4. The Morgan fingerprint density at radius 2 is 2.04 bits per heavy atom. The highest BCUT2D eigenvalue weighted by Crippen LogP contribution is 2.13. The Morgan fingerprint density at radius 1 is 1.30 bits per heavy atom. The molecule has 0 bridgehead atoms. The summed E-state index contributed by atoms with van der Waals surface area (Å²) in [5.74, 6) is -0.428. The molecule has 1 aromatic carbocycles. The molecule has 0 fully saturated rings. The van der Waals surface area contributed by atoms with E-state index in [0.29, 0.717) is 23.6 Å². The van der Waals surface area contributed by atoms with Crippen LogP contribution in [-0.2, 0) is 6.42 Å². The molecule has 2 aromatic rings. The van der Waals surface area contributed by atoms with Gasteiger partial charge in [0.2, 0.25) is 0 Å². The molecule has 2 rings (SSSR count). The normalized spacial score (nSPS) is 11.5. The SMILES string of the molecule is N#Cc1ccc(C(=O)NC[C@H](CO)Cc2ccc(Cl)cc2)nc1. The first-order valence-electron chi connectivity index (χ1n) is 7.12. The molecule has 0 saturated carbocycles. The molecular formula is C17H16ClN3O2. The molecule has 1 aromatic heterocycles. The molecule has 1 amide bonds. The van der Waals surface area contributed by atoms with Crippen molar-refractivity contribution in [3.8, 4) is 6.07 Å². The van der Waals surface area contributed by atoms with Gasteiger partial charge in [-0.25, -0.2) is 4.98 Å². The fourth-order valence-corrected chi connectivity index (χ4v) is 2.20. The Bertz CT molecular complexity index is 693. The summed E-state index contributed by atoms with van der Waals surface area (Å²) in [4.78, 5) is 15.9. The first-order valence-corrected chi connectivity index (χ1v) is 7.50. The lowest BCUT2D eigenvalue weighted by Gasteiger charge is -2.15. The first kappa shape index (κ1) is 16.9. The van der Waals surface area contributed by atoms with Crippen LogP contribution in [-0.4, -0.2) is 29.1 Å². The van der Waals surface area contributed by atoms with Gasteiger partial charge >= 0.3 is 0 Å². The van der Waals surface area contributed by atoms with Crippen molar-refractivity contribution in [3.05, 3.63) is 64.4 Å². The van der Waals surface area contributed by atoms with Gasteiger partial charge in [0.25, 0.3) is 5.91 Å². The molecular weight excluding hydrogens is 314 g/mol. The van der Waals surface area contributed by atoms with Crippen molar-refractivity contribution in [1.82, 2.24) is 10.3 Å². The Balaban J connectivity index is 1.90. The summed E-state index contributed by atoms with van der Waals surface area (Å²) >= 11 is 5.84. The second-order valence-electron chi connectivity index (χ2n) is 5.13. The average molecular weight is 330 g/mol. The summed E-state index contributed by atoms with van der Waals surface area (Å²) in [5.41, 5.74) is 1.68. The number of aromatic nitrogens is 1. The molecule has 0 spiro atoms. The third-order valence-corrected chi connectivity index (χ3v) is 3.62. The number of aliphatic hydroxyl groups is 1. The van der Waals surface area contributed by atoms with Crippen LogP contribution in [0.5, 0.6) is 0 Å². The van der Waals surface area contributed by atoms with Crippen LogP contribution in [0.25, 0.3) is 0 Å². The molecule has 0 aliphatic carbocycles. The number of rotatable bonds is 6. The van der Waals surface area contributed by atoms with Crippen LogP contribution in [0, 0.1) is 17.2 Å². The van der Waals surface area contributed by atoms with Crippen LogP contribution in [0.1, 0.15) is 21.6 Å². The second-order valence-corrected chi connectivity index (χ2v) is 5.57. The number of carbonyl (C=O) groups is 1. The maximum absolute atomic E-state index is 12.0. The van der Waals surface area contributed by atoms with Gasteiger partial charge in [-0.2, -0.15) is 5.26 Å². The maximum atomic E-state index is 12.0. The molecule has 0 aliphatic heterocycles. The number of aliphatic hydroxyl groups excluding tert-OH is 1. The van der Waals surface area contributed by atoms with Crippen molar-refractivity contribution in [1.29, 1.82) is 5.26 Å². The van der Waals surface area contributed by atoms with Crippen LogP contribution in [0.3, 0.4) is 0 Å². The van der Waals surface area contributed by atoms with E-state index in [1.165, 1.54) is 12.3 Å². The van der Waals surface area contributed by atoms with Gasteiger partial charge < -0.3 is 10.4 Å². The molecule has 0 radical (unpaired) electrons. The highest BCUT2D eigenvalue weighted by atomic mass is 35.5. The Kier molecular flexibility index (Phi) is 6.10. The standard InChI is InChI=1S/C17H16ClN3O2/c18-15-4-1-12(2-5-15)7-14(11-22)10-21-17(23)16-6-3-13(8-19)9-20-16/h1-6,9,14,22H,7,10-11H2,(H,21,23)/t14-/m1/s1. The lowest BCUT2D eigenvalue weighted by Crippen LogP contribution is -2.32. The number of nitrogens with zero attached hydrogens (tertiary/aromatic N) is 2. The Hall–Kier alpha value is -2.42. The fourth-order valence-electron chi connectivity index (χ4n) is 2.08. The molecule has 0 saturated heterocycles. The largest absolute Gasteiger partial charge is 0.396 e. The van der Waals surface area contributed by atoms with Gasteiger partial charge in [0.15, 0.2) is 0 Å². The Labute approximate surface area is 139 Å². The van der Waals surface area contributed by atoms with E-state index in [4.69, 9.17) is 16.9 Å². The number of carbonyl (C=O) groups excluding carboxylic acids is 1. The molecule has 0 aliphatic rings. The number of hydrogen-bond donors (Lipinski definition) is 2. The minimum Gasteiger partial charge on any atom is -0.396 e. The van der Waals surface area contributed by atoms with Crippen molar-refractivity contribution >= 4 is 17.5 Å². The average Bonchev–Trinajstić information content (AvgIpc) is 2.60. The van der Waals surface area contributed by atoms with Gasteiger partial charge in [-0.15, -0.1) is 0 Å². The van der Waals surface area contributed by atoms with Crippen molar-refractivity contribution in [2.24, 2.45) is 5.92 Å². The van der Waals surface area contributed by atoms with Crippen molar-refractivity contribution < 1.29 is 9.90 Å². The summed E-state index contributed by atoms with van der Waals surface area (Å²) < 4.78 is 0. The lowest BCUT2D eigenvalue weighted by molar-refractivity contribution is 0.0935. The van der Waals surface area contributed by atoms with Crippen LogP contribution in [0.2, 0.25) is 5.02 Å². The van der Waals surface area contributed by atoms with E-state index in [1.54, 1.807) is 18.2 Å². The number of nitrogens with one attached hydrogen (secondary N) is 1. The fraction of sp³-hybridized carbons (Fsp3) is 0.235. The first-order chi connectivity index (χ1) is 11.1. The highest BCUT2D eigenvalue weighted by Gasteiger charge is 2.12. The van der Waals surface area contributed by atoms with E-state index >= 15 is 0 Å². The summed E-state index contributed by atoms with van der Waals surface area (Å²) in [5, 5.41) is 21.6. The minimum absolute atomic E-state index is 0.0380. The van der Waals surface area contributed by atoms with E-state index in [1.807, 2.05) is 18.2 Å². The maximum Gasteiger partial charge on any atom is 0.269 e. The zero-order chi connectivity index (χ0) is 16.7. The van der Waals surface area contributed by atoms with Gasteiger partial charge in [-0.1, -0.05) is 23.7 Å². The molecule has 23 heavy (non-hydrogen) atoms. The zero-order valence-corrected chi connectivity index (χ0v) is 13.1. The zero-order valence-electron chi connectivity index (χ0n) is 12.4. The quantitative estimate of drug-likeness (QED) is 0.850. The lowest BCUT2D eigenvalue weighted by atomic mass is 10.00. The second kappa shape index (κ2) is 8.28. The summed E-state index contributed by atoms with van der Waals surface area (Å²) in [6.07, 6.45) is 1.99. The number of nitriles is 1. The van der Waals surface area contributed by atoms with E-state index in [-0.39, 0.29) is 24.1 Å². The van der Waals surface area contributed by atoms with Crippen LogP contribution >= 0.6 is 11.6 Å². The van der Waals surface area contributed by atoms with Crippen molar-refractivity contribution in [3.63, 3.8) is 0 Å². The van der Waals surface area contributed by atoms with Gasteiger partial charge in [0.1, 0.15) is 11.8 Å². The number of amides is 1. The molecule has 0 unspecified atom stereocenters. The molecule has 1 atom stereocenters. The van der Waals surface area contributed by atoms with Crippen molar-refractivity contribution in [2.45, 2.75) is 6.42 Å². The monoisotopic (exact) mass is 329 g/mol. The molecule has 6 heteroatoms. The predicted octanol–water partition coefficient (Wildman–Crippen LogP) is 2.19. The highest BCUT2D eigenvalue weighted by molar-refractivity contribution is 6.30. The summed E-state index contributed by atoms with van der Waals surface area (Å²) in [7, 11) is 0. The molecule has 2 N–H and O–H groups in total. The summed E-state index contributed by atoms with van der Waals surface area (Å²) in [6.45, 7) is 0.295.